The average molecular weight is 370 g/mol. The molecule has 1 aliphatic heterocycles. The van der Waals surface area contributed by atoms with Crippen molar-refractivity contribution in [3.05, 3.63) is 36.0 Å². The summed E-state index contributed by atoms with van der Waals surface area (Å²) in [5.41, 5.74) is 1.67. The number of nitrogens with zero attached hydrogens (tertiary/aromatic N) is 1. The van der Waals surface area contributed by atoms with E-state index in [1.54, 1.807) is 18.3 Å². The molecule has 0 amide bonds. The third kappa shape index (κ3) is 3.88. The van der Waals surface area contributed by atoms with Crippen molar-refractivity contribution < 1.29 is 8.42 Å². The second-order valence-corrected chi connectivity index (χ2v) is 8.43. The number of fused-ring (bicyclic) bond motifs is 1. The lowest BCUT2D eigenvalue weighted by Gasteiger charge is -2.34. The minimum Gasteiger partial charge on any atom is -0.316 e. The molecule has 0 bridgehead atoms. The maximum Gasteiger partial charge on any atom is 0.241 e. The predicted molar refractivity (Wildman–Crippen MR) is 99.1 cm³/mol. The van der Waals surface area contributed by atoms with E-state index in [1.807, 2.05) is 19.1 Å². The number of aryl methyl sites for hydroxylation is 1. The number of hydrogen-bond acceptors (Lipinski definition) is 4. The standard InChI is InChI=1S/C17H23N3O2S.ClH/c1-13-6-7-15(14-5-3-10-19-16(13)14)23(21,22)20-12-17(2)8-4-9-18-11-17;/h3,5-7,10,18,20H,4,8-9,11-12H2,1-2H3;1H. The van der Waals surface area contributed by atoms with Crippen LogP contribution in [-0.2, 0) is 10.0 Å². The summed E-state index contributed by atoms with van der Waals surface area (Å²) in [5.74, 6) is 0. The molecular formula is C17H24ClN3O2S. The van der Waals surface area contributed by atoms with Gasteiger partial charge in [0, 0.05) is 24.7 Å². The molecule has 1 aromatic heterocycles. The molecular weight excluding hydrogens is 346 g/mol. The molecule has 5 nitrogen and oxygen atoms in total. The SMILES string of the molecule is Cc1ccc(S(=O)(=O)NCC2(C)CCCNC2)c2cccnc12.Cl. The third-order valence-corrected chi connectivity index (χ3v) is 6.05. The normalized spacial score (nSPS) is 21.4. The Morgan fingerprint density at radius 2 is 2.12 bits per heavy atom. The van der Waals surface area contributed by atoms with E-state index in [1.165, 1.54) is 0 Å². The Morgan fingerprint density at radius 1 is 1.33 bits per heavy atom. The van der Waals surface area contributed by atoms with E-state index in [0.29, 0.717) is 16.8 Å². The Hall–Kier alpha value is -1.21. The van der Waals surface area contributed by atoms with Crippen LogP contribution >= 0.6 is 12.4 Å². The molecule has 0 saturated carbocycles. The van der Waals surface area contributed by atoms with Crippen molar-refractivity contribution >= 4 is 33.3 Å². The van der Waals surface area contributed by atoms with Crippen LogP contribution in [0, 0.1) is 12.3 Å². The highest BCUT2D eigenvalue weighted by molar-refractivity contribution is 7.89. The highest BCUT2D eigenvalue weighted by Gasteiger charge is 2.29. The summed E-state index contributed by atoms with van der Waals surface area (Å²) in [6.07, 6.45) is 3.79. The minimum absolute atomic E-state index is 0. The zero-order valence-corrected chi connectivity index (χ0v) is 15.6. The van der Waals surface area contributed by atoms with Crippen LogP contribution in [0.1, 0.15) is 25.3 Å². The van der Waals surface area contributed by atoms with Crippen molar-refractivity contribution in [1.82, 2.24) is 15.0 Å². The molecule has 2 heterocycles. The number of rotatable bonds is 4. The first-order valence-electron chi connectivity index (χ1n) is 7.96. The third-order valence-electron chi connectivity index (χ3n) is 4.60. The summed E-state index contributed by atoms with van der Waals surface area (Å²) in [7, 11) is -3.56. The first kappa shape index (κ1) is 19.1. The zero-order valence-electron chi connectivity index (χ0n) is 14.0. The molecule has 7 heteroatoms. The van der Waals surface area contributed by atoms with E-state index in [9.17, 15) is 8.42 Å². The quantitative estimate of drug-likeness (QED) is 0.869. The average Bonchev–Trinajstić information content (AvgIpc) is 2.54. The molecule has 24 heavy (non-hydrogen) atoms. The highest BCUT2D eigenvalue weighted by Crippen LogP contribution is 2.27. The van der Waals surface area contributed by atoms with E-state index in [2.05, 4.69) is 21.9 Å². The number of nitrogens with one attached hydrogen (secondary N) is 2. The number of sulfonamides is 1. The molecule has 1 unspecified atom stereocenters. The molecule has 2 N–H and O–H groups in total. The van der Waals surface area contributed by atoms with Gasteiger partial charge >= 0.3 is 0 Å². The molecule has 1 atom stereocenters. The molecule has 1 aromatic carbocycles. The first-order valence-corrected chi connectivity index (χ1v) is 9.44. The monoisotopic (exact) mass is 369 g/mol. The van der Waals surface area contributed by atoms with Gasteiger partial charge in [0.2, 0.25) is 10.0 Å². The maximum atomic E-state index is 12.8. The van der Waals surface area contributed by atoms with Crippen molar-refractivity contribution in [2.75, 3.05) is 19.6 Å². The van der Waals surface area contributed by atoms with Crippen LogP contribution in [0.25, 0.3) is 10.9 Å². The van der Waals surface area contributed by atoms with Gasteiger partial charge in [0.25, 0.3) is 0 Å². The minimum atomic E-state index is -3.56. The van der Waals surface area contributed by atoms with Crippen molar-refractivity contribution in [3.63, 3.8) is 0 Å². The van der Waals surface area contributed by atoms with Crippen LogP contribution in [0.2, 0.25) is 0 Å². The smallest absolute Gasteiger partial charge is 0.241 e. The van der Waals surface area contributed by atoms with E-state index in [4.69, 9.17) is 0 Å². The lowest BCUT2D eigenvalue weighted by atomic mass is 9.83. The van der Waals surface area contributed by atoms with Gasteiger partial charge in [-0.1, -0.05) is 13.0 Å². The van der Waals surface area contributed by atoms with Gasteiger partial charge in [-0.05, 0) is 55.5 Å². The number of halogens is 1. The summed E-state index contributed by atoms with van der Waals surface area (Å²) in [4.78, 5) is 4.62. The molecule has 0 spiro atoms. The predicted octanol–water partition coefficient (Wildman–Crippen LogP) is 2.63. The van der Waals surface area contributed by atoms with Crippen molar-refractivity contribution in [2.45, 2.75) is 31.6 Å². The van der Waals surface area contributed by atoms with Gasteiger partial charge in [-0.2, -0.15) is 0 Å². The van der Waals surface area contributed by atoms with Gasteiger partial charge in [-0.15, -0.1) is 12.4 Å². The van der Waals surface area contributed by atoms with Crippen molar-refractivity contribution in [1.29, 1.82) is 0 Å². The zero-order chi connectivity index (χ0) is 16.5. The molecule has 1 saturated heterocycles. The Labute approximate surface area is 149 Å². The Kier molecular flexibility index (Phi) is 5.86. The fourth-order valence-corrected chi connectivity index (χ4v) is 4.53. The van der Waals surface area contributed by atoms with Gasteiger partial charge in [-0.25, -0.2) is 13.1 Å². The molecule has 2 aromatic rings. The largest absolute Gasteiger partial charge is 0.316 e. The van der Waals surface area contributed by atoms with Crippen LogP contribution in [-0.4, -0.2) is 33.0 Å². The van der Waals surface area contributed by atoms with Gasteiger partial charge in [0.15, 0.2) is 0 Å². The number of hydrogen-bond donors (Lipinski definition) is 2. The van der Waals surface area contributed by atoms with E-state index >= 15 is 0 Å². The first-order chi connectivity index (χ1) is 10.9. The number of benzene rings is 1. The Bertz CT molecular complexity index is 818. The lowest BCUT2D eigenvalue weighted by molar-refractivity contribution is 0.238. The van der Waals surface area contributed by atoms with E-state index < -0.39 is 10.0 Å². The molecule has 0 radical (unpaired) electrons. The molecule has 3 rings (SSSR count). The highest BCUT2D eigenvalue weighted by atomic mass is 35.5. The maximum absolute atomic E-state index is 12.8. The second kappa shape index (κ2) is 7.35. The summed E-state index contributed by atoms with van der Waals surface area (Å²) in [6, 6.07) is 7.07. The molecule has 1 aliphatic rings. The Morgan fingerprint density at radius 3 is 2.83 bits per heavy atom. The van der Waals surface area contributed by atoms with Crippen LogP contribution < -0.4 is 10.0 Å². The number of pyridine rings is 1. The lowest BCUT2D eigenvalue weighted by Crippen LogP contribution is -2.45. The molecule has 1 fully saturated rings. The van der Waals surface area contributed by atoms with Gasteiger partial charge in [0.05, 0.1) is 10.4 Å². The van der Waals surface area contributed by atoms with Gasteiger partial charge in [0.1, 0.15) is 0 Å². The van der Waals surface area contributed by atoms with Crippen molar-refractivity contribution in [3.8, 4) is 0 Å². The number of aromatic nitrogens is 1. The molecule has 132 valence electrons. The van der Waals surface area contributed by atoms with Crippen LogP contribution in [0.15, 0.2) is 35.4 Å². The van der Waals surface area contributed by atoms with Gasteiger partial charge < -0.3 is 5.32 Å². The summed E-state index contributed by atoms with van der Waals surface area (Å²) < 4.78 is 28.4. The second-order valence-electron chi connectivity index (χ2n) is 6.70. The number of piperidine rings is 1. The fraction of sp³-hybridized carbons (Fsp3) is 0.471. The summed E-state index contributed by atoms with van der Waals surface area (Å²) >= 11 is 0. The van der Waals surface area contributed by atoms with Gasteiger partial charge in [-0.3, -0.25) is 4.98 Å². The van der Waals surface area contributed by atoms with E-state index in [0.717, 1.165) is 37.0 Å². The summed E-state index contributed by atoms with van der Waals surface area (Å²) in [6.45, 7) is 6.35. The van der Waals surface area contributed by atoms with Crippen LogP contribution in [0.5, 0.6) is 0 Å². The van der Waals surface area contributed by atoms with E-state index in [-0.39, 0.29) is 17.8 Å². The Balaban J connectivity index is 0.00000208. The van der Waals surface area contributed by atoms with Crippen LogP contribution in [0.3, 0.4) is 0 Å². The topological polar surface area (TPSA) is 71.1 Å². The summed E-state index contributed by atoms with van der Waals surface area (Å²) in [5, 5.41) is 4.02. The fourth-order valence-electron chi connectivity index (χ4n) is 3.14. The van der Waals surface area contributed by atoms with Crippen LogP contribution in [0.4, 0.5) is 0 Å². The van der Waals surface area contributed by atoms with Crippen molar-refractivity contribution in [2.24, 2.45) is 5.41 Å². The molecule has 0 aliphatic carbocycles.